The maximum atomic E-state index is 10.6. The van der Waals surface area contributed by atoms with Gasteiger partial charge in [0.25, 0.3) is 0 Å². The SMILES string of the molecule is CCOC1(C(O)Cc2nc(C)cs2)CCC(C)CC1. The molecule has 4 heteroatoms. The molecule has 1 unspecified atom stereocenters. The van der Waals surface area contributed by atoms with Gasteiger partial charge in [-0.2, -0.15) is 0 Å². The minimum atomic E-state index is -0.439. The molecule has 0 aromatic carbocycles. The van der Waals surface area contributed by atoms with Crippen LogP contribution in [0.1, 0.15) is 50.2 Å². The van der Waals surface area contributed by atoms with Gasteiger partial charge in [0, 0.05) is 24.1 Å². The predicted molar refractivity (Wildman–Crippen MR) is 78.6 cm³/mol. The van der Waals surface area contributed by atoms with Gasteiger partial charge in [-0.05, 0) is 45.4 Å². The van der Waals surface area contributed by atoms with Crippen LogP contribution in [0, 0.1) is 12.8 Å². The minimum absolute atomic E-state index is 0.346. The Morgan fingerprint density at radius 2 is 2.21 bits per heavy atom. The average Bonchev–Trinajstić information content (AvgIpc) is 2.78. The molecule has 0 bridgehead atoms. The van der Waals surface area contributed by atoms with E-state index in [1.807, 2.05) is 19.2 Å². The summed E-state index contributed by atoms with van der Waals surface area (Å²) in [5, 5.41) is 13.7. The van der Waals surface area contributed by atoms with Gasteiger partial charge < -0.3 is 9.84 Å². The van der Waals surface area contributed by atoms with E-state index in [1.165, 1.54) is 0 Å². The Bertz CT molecular complexity index is 397. The zero-order valence-electron chi connectivity index (χ0n) is 12.2. The quantitative estimate of drug-likeness (QED) is 0.901. The summed E-state index contributed by atoms with van der Waals surface area (Å²) in [7, 11) is 0. The first kappa shape index (κ1) is 14.9. The number of aliphatic hydroxyl groups excluding tert-OH is 1. The fourth-order valence-corrected chi connectivity index (χ4v) is 3.77. The Labute approximate surface area is 120 Å². The van der Waals surface area contributed by atoms with Crippen LogP contribution in [0.15, 0.2) is 5.38 Å². The zero-order chi connectivity index (χ0) is 13.9. The van der Waals surface area contributed by atoms with Crippen molar-refractivity contribution in [1.29, 1.82) is 0 Å². The standard InChI is InChI=1S/C15H25NO2S/c1-4-18-15(7-5-11(2)6-8-15)13(17)9-14-16-12(3)10-19-14/h10-11,13,17H,4-9H2,1-3H3. The van der Waals surface area contributed by atoms with Gasteiger partial charge in [-0.15, -0.1) is 11.3 Å². The van der Waals surface area contributed by atoms with Crippen LogP contribution in [-0.4, -0.2) is 28.4 Å². The third-order valence-electron chi connectivity index (χ3n) is 4.19. The molecule has 0 saturated heterocycles. The Morgan fingerprint density at radius 1 is 1.53 bits per heavy atom. The lowest BCUT2D eigenvalue weighted by Crippen LogP contribution is -2.48. The van der Waals surface area contributed by atoms with E-state index in [0.717, 1.165) is 42.3 Å². The second-order valence-electron chi connectivity index (χ2n) is 5.78. The minimum Gasteiger partial charge on any atom is -0.390 e. The number of rotatable bonds is 5. The van der Waals surface area contributed by atoms with Crippen molar-refractivity contribution < 1.29 is 9.84 Å². The van der Waals surface area contributed by atoms with Crippen LogP contribution < -0.4 is 0 Å². The zero-order valence-corrected chi connectivity index (χ0v) is 13.0. The lowest BCUT2D eigenvalue weighted by atomic mass is 9.75. The third kappa shape index (κ3) is 3.56. The summed E-state index contributed by atoms with van der Waals surface area (Å²) >= 11 is 1.63. The average molecular weight is 283 g/mol. The van der Waals surface area contributed by atoms with Gasteiger partial charge in [-0.1, -0.05) is 6.92 Å². The summed E-state index contributed by atoms with van der Waals surface area (Å²) in [5.74, 6) is 0.753. The fraction of sp³-hybridized carbons (Fsp3) is 0.800. The van der Waals surface area contributed by atoms with Gasteiger partial charge >= 0.3 is 0 Å². The molecular formula is C15H25NO2S. The molecule has 0 amide bonds. The second-order valence-corrected chi connectivity index (χ2v) is 6.73. The van der Waals surface area contributed by atoms with Gasteiger partial charge in [0.05, 0.1) is 16.7 Å². The van der Waals surface area contributed by atoms with Crippen LogP contribution >= 0.6 is 11.3 Å². The first-order valence-corrected chi connectivity index (χ1v) is 8.16. The van der Waals surface area contributed by atoms with Crippen LogP contribution in [0.5, 0.6) is 0 Å². The summed E-state index contributed by atoms with van der Waals surface area (Å²) in [5.41, 5.74) is 0.691. The maximum absolute atomic E-state index is 10.6. The monoisotopic (exact) mass is 283 g/mol. The number of aryl methyl sites for hydroxylation is 1. The molecule has 0 spiro atoms. The molecular weight excluding hydrogens is 258 g/mol. The topological polar surface area (TPSA) is 42.4 Å². The summed E-state index contributed by atoms with van der Waals surface area (Å²) in [6.07, 6.45) is 4.40. The molecule has 0 radical (unpaired) electrons. The van der Waals surface area contributed by atoms with E-state index < -0.39 is 6.10 Å². The van der Waals surface area contributed by atoms with Gasteiger partial charge in [-0.25, -0.2) is 4.98 Å². The van der Waals surface area contributed by atoms with Crippen molar-refractivity contribution in [2.75, 3.05) is 6.61 Å². The lowest BCUT2D eigenvalue weighted by molar-refractivity contribution is -0.143. The fourth-order valence-electron chi connectivity index (χ4n) is 2.96. The van der Waals surface area contributed by atoms with E-state index in [0.29, 0.717) is 13.0 Å². The number of thiazole rings is 1. The van der Waals surface area contributed by atoms with Crippen molar-refractivity contribution in [2.45, 2.75) is 64.6 Å². The van der Waals surface area contributed by atoms with Gasteiger partial charge in [0.1, 0.15) is 0 Å². The number of aliphatic hydroxyl groups is 1. The molecule has 1 saturated carbocycles. The van der Waals surface area contributed by atoms with E-state index in [4.69, 9.17) is 4.74 Å². The van der Waals surface area contributed by atoms with Crippen LogP contribution in [0.2, 0.25) is 0 Å². The molecule has 1 aliphatic carbocycles. The molecule has 1 N–H and O–H groups in total. The van der Waals surface area contributed by atoms with Crippen LogP contribution in [0.3, 0.4) is 0 Å². The highest BCUT2D eigenvalue weighted by molar-refractivity contribution is 7.09. The molecule has 1 aliphatic rings. The number of aromatic nitrogens is 1. The van der Waals surface area contributed by atoms with E-state index in [1.54, 1.807) is 11.3 Å². The number of ether oxygens (including phenoxy) is 1. The van der Waals surface area contributed by atoms with E-state index in [2.05, 4.69) is 11.9 Å². The number of hydrogen-bond donors (Lipinski definition) is 1. The van der Waals surface area contributed by atoms with Crippen molar-refractivity contribution in [3.63, 3.8) is 0 Å². The molecule has 2 rings (SSSR count). The van der Waals surface area contributed by atoms with Gasteiger partial charge in [0.15, 0.2) is 0 Å². The highest BCUT2D eigenvalue weighted by Crippen LogP contribution is 2.38. The third-order valence-corrected chi connectivity index (χ3v) is 5.18. The lowest BCUT2D eigenvalue weighted by Gasteiger charge is -2.42. The highest BCUT2D eigenvalue weighted by Gasteiger charge is 2.41. The normalized spacial score (nSPS) is 29.4. The van der Waals surface area contributed by atoms with Crippen LogP contribution in [0.4, 0.5) is 0 Å². The summed E-state index contributed by atoms with van der Waals surface area (Å²) in [6.45, 7) is 6.96. The van der Waals surface area contributed by atoms with Gasteiger partial charge in [0.2, 0.25) is 0 Å². The van der Waals surface area contributed by atoms with Gasteiger partial charge in [-0.3, -0.25) is 0 Å². The van der Waals surface area contributed by atoms with E-state index in [9.17, 15) is 5.11 Å². The van der Waals surface area contributed by atoms with E-state index in [-0.39, 0.29) is 5.60 Å². The largest absolute Gasteiger partial charge is 0.390 e. The van der Waals surface area contributed by atoms with Crippen molar-refractivity contribution in [1.82, 2.24) is 4.98 Å². The second kappa shape index (κ2) is 6.33. The Hall–Kier alpha value is -0.450. The predicted octanol–water partition coefficient (Wildman–Crippen LogP) is 3.34. The highest BCUT2D eigenvalue weighted by atomic mass is 32.1. The Morgan fingerprint density at radius 3 is 2.74 bits per heavy atom. The van der Waals surface area contributed by atoms with Crippen molar-refractivity contribution in [3.05, 3.63) is 16.1 Å². The summed E-state index contributed by atoms with van der Waals surface area (Å²) < 4.78 is 5.99. The maximum Gasteiger partial charge on any atom is 0.0955 e. The number of hydrogen-bond acceptors (Lipinski definition) is 4. The van der Waals surface area contributed by atoms with Crippen LogP contribution in [-0.2, 0) is 11.2 Å². The summed E-state index contributed by atoms with van der Waals surface area (Å²) in [6, 6.07) is 0. The molecule has 19 heavy (non-hydrogen) atoms. The number of nitrogens with zero attached hydrogens (tertiary/aromatic N) is 1. The van der Waals surface area contributed by atoms with Crippen molar-refractivity contribution in [3.8, 4) is 0 Å². The molecule has 1 atom stereocenters. The van der Waals surface area contributed by atoms with Crippen molar-refractivity contribution >= 4 is 11.3 Å². The molecule has 0 aliphatic heterocycles. The molecule has 1 heterocycles. The first-order chi connectivity index (χ1) is 9.05. The van der Waals surface area contributed by atoms with Crippen molar-refractivity contribution in [2.24, 2.45) is 5.92 Å². The molecule has 1 fully saturated rings. The first-order valence-electron chi connectivity index (χ1n) is 7.29. The van der Waals surface area contributed by atoms with E-state index >= 15 is 0 Å². The Kier molecular flexibility index (Phi) is 4.98. The summed E-state index contributed by atoms with van der Waals surface area (Å²) in [4.78, 5) is 4.45. The molecule has 1 aromatic heterocycles. The smallest absolute Gasteiger partial charge is 0.0955 e. The Balaban J connectivity index is 2.05. The molecule has 108 valence electrons. The molecule has 3 nitrogen and oxygen atoms in total. The molecule has 1 aromatic rings. The van der Waals surface area contributed by atoms with Crippen LogP contribution in [0.25, 0.3) is 0 Å².